The Bertz CT molecular complexity index is 1010. The van der Waals surface area contributed by atoms with Crippen molar-refractivity contribution in [1.29, 1.82) is 0 Å². The van der Waals surface area contributed by atoms with Crippen LogP contribution in [0.3, 0.4) is 0 Å². The van der Waals surface area contributed by atoms with Gasteiger partial charge in [-0.1, -0.05) is 11.8 Å². The summed E-state index contributed by atoms with van der Waals surface area (Å²) in [5, 5.41) is 0.843. The molecule has 0 radical (unpaired) electrons. The minimum Gasteiger partial charge on any atom is -0.497 e. The summed E-state index contributed by atoms with van der Waals surface area (Å²) in [5.41, 5.74) is 3.30. The number of aromatic amines is 1. The van der Waals surface area contributed by atoms with Crippen molar-refractivity contribution in [3.05, 3.63) is 48.4 Å². The predicted octanol–water partition coefficient (Wildman–Crippen LogP) is 3.62. The Hall–Kier alpha value is -2.87. The van der Waals surface area contributed by atoms with Crippen LogP contribution in [-0.4, -0.2) is 32.0 Å². The first kappa shape index (κ1) is 15.6. The van der Waals surface area contributed by atoms with Gasteiger partial charge in [0.1, 0.15) is 28.4 Å². The zero-order valence-electron chi connectivity index (χ0n) is 13.7. The first-order valence-corrected chi connectivity index (χ1v) is 8.61. The van der Waals surface area contributed by atoms with E-state index in [-0.39, 0.29) is 0 Å². The van der Waals surface area contributed by atoms with Gasteiger partial charge in [0.05, 0.1) is 19.1 Å². The number of fused-ring (bicyclic) bond motifs is 1. The van der Waals surface area contributed by atoms with Gasteiger partial charge in [-0.15, -0.1) is 0 Å². The van der Waals surface area contributed by atoms with Crippen molar-refractivity contribution in [2.24, 2.45) is 0 Å². The maximum absolute atomic E-state index is 5.82. The predicted molar refractivity (Wildman–Crippen MR) is 94.5 cm³/mol. The summed E-state index contributed by atoms with van der Waals surface area (Å²) in [5.74, 6) is 2.85. The first-order valence-electron chi connectivity index (χ1n) is 7.62. The lowest BCUT2D eigenvalue weighted by Gasteiger charge is -2.00. The van der Waals surface area contributed by atoms with Crippen LogP contribution in [0.1, 0.15) is 11.5 Å². The molecule has 1 aromatic carbocycles. The number of oxazole rings is 1. The highest BCUT2D eigenvalue weighted by Gasteiger charge is 2.14. The second kappa shape index (κ2) is 6.56. The van der Waals surface area contributed by atoms with Crippen LogP contribution >= 0.6 is 11.8 Å². The molecule has 0 aliphatic heterocycles. The molecule has 0 spiro atoms. The van der Waals surface area contributed by atoms with Crippen molar-refractivity contribution < 1.29 is 9.15 Å². The third kappa shape index (κ3) is 3.08. The van der Waals surface area contributed by atoms with E-state index in [0.29, 0.717) is 17.3 Å². The molecule has 1 N–H and O–H groups in total. The number of imidazole rings is 1. The van der Waals surface area contributed by atoms with E-state index in [1.54, 1.807) is 25.2 Å². The number of nitrogens with zero attached hydrogens (tertiary/aromatic N) is 4. The Morgan fingerprint density at radius 1 is 1.16 bits per heavy atom. The minimum absolute atomic E-state index is 0.602. The quantitative estimate of drug-likeness (QED) is 0.433. The second-order valence-corrected chi connectivity index (χ2v) is 6.28. The molecular formula is C17H15N5O2S. The number of ether oxygens (including phenoxy) is 1. The summed E-state index contributed by atoms with van der Waals surface area (Å²) in [6.45, 7) is 1.92. The fraction of sp³-hybridized carbons (Fsp3) is 0.176. The Kier molecular flexibility index (Phi) is 4.10. The molecule has 0 unspecified atom stereocenters. The van der Waals surface area contributed by atoms with Gasteiger partial charge in [-0.05, 0) is 31.2 Å². The van der Waals surface area contributed by atoms with Gasteiger partial charge in [0.25, 0.3) is 0 Å². The fourth-order valence-electron chi connectivity index (χ4n) is 2.41. The number of aryl methyl sites for hydroxylation is 1. The SMILES string of the molecule is COc1ccc(-c2nc(CSc3ncnc4nc[nH]c34)c(C)o2)cc1. The van der Waals surface area contributed by atoms with Gasteiger partial charge in [0, 0.05) is 11.3 Å². The number of thioether (sulfide) groups is 1. The molecule has 3 heterocycles. The molecule has 7 nitrogen and oxygen atoms in total. The normalized spacial score (nSPS) is 11.1. The van der Waals surface area contributed by atoms with Gasteiger partial charge in [0.15, 0.2) is 5.65 Å². The molecule has 25 heavy (non-hydrogen) atoms. The van der Waals surface area contributed by atoms with Gasteiger partial charge < -0.3 is 14.1 Å². The van der Waals surface area contributed by atoms with Gasteiger partial charge in [-0.2, -0.15) is 0 Å². The molecule has 0 atom stereocenters. The Morgan fingerprint density at radius 2 is 2.00 bits per heavy atom. The zero-order chi connectivity index (χ0) is 17.2. The number of hydrogen-bond acceptors (Lipinski definition) is 7. The number of benzene rings is 1. The van der Waals surface area contributed by atoms with E-state index in [4.69, 9.17) is 9.15 Å². The molecule has 0 aliphatic rings. The van der Waals surface area contributed by atoms with Crippen LogP contribution in [0.2, 0.25) is 0 Å². The molecule has 3 aromatic heterocycles. The van der Waals surface area contributed by atoms with E-state index < -0.39 is 0 Å². The zero-order valence-corrected chi connectivity index (χ0v) is 14.5. The van der Waals surface area contributed by atoms with Gasteiger partial charge >= 0.3 is 0 Å². The number of H-pyrrole nitrogens is 1. The monoisotopic (exact) mass is 353 g/mol. The molecule has 0 aliphatic carbocycles. The summed E-state index contributed by atoms with van der Waals surface area (Å²) >= 11 is 1.57. The largest absolute Gasteiger partial charge is 0.497 e. The van der Waals surface area contributed by atoms with Crippen LogP contribution in [0.4, 0.5) is 0 Å². The third-order valence-corrected chi connectivity index (χ3v) is 4.76. The molecule has 0 amide bonds. The van der Waals surface area contributed by atoms with Crippen LogP contribution in [0.25, 0.3) is 22.6 Å². The van der Waals surface area contributed by atoms with Gasteiger partial charge in [0.2, 0.25) is 5.89 Å². The summed E-state index contributed by atoms with van der Waals surface area (Å²) in [6, 6.07) is 7.64. The molecule has 4 aromatic rings. The van der Waals surface area contributed by atoms with E-state index >= 15 is 0 Å². The van der Waals surface area contributed by atoms with Crippen molar-refractivity contribution >= 4 is 22.9 Å². The van der Waals surface area contributed by atoms with Crippen molar-refractivity contribution in [2.75, 3.05) is 7.11 Å². The van der Waals surface area contributed by atoms with Crippen LogP contribution in [0.15, 0.2) is 46.4 Å². The first-order chi connectivity index (χ1) is 12.2. The average molecular weight is 353 g/mol. The molecule has 8 heteroatoms. The maximum atomic E-state index is 5.82. The van der Waals surface area contributed by atoms with Gasteiger partial charge in [-0.3, -0.25) is 0 Å². The standard InChI is InChI=1S/C17H15N5O2S/c1-10-13(7-25-17-14-15(19-8-18-14)20-9-21-17)22-16(24-10)11-3-5-12(23-2)6-4-11/h3-6,8-9H,7H2,1-2H3,(H,18,19,20,21). The van der Waals surface area contributed by atoms with E-state index in [9.17, 15) is 0 Å². The van der Waals surface area contributed by atoms with Crippen LogP contribution in [0, 0.1) is 6.92 Å². The highest BCUT2D eigenvalue weighted by molar-refractivity contribution is 7.98. The fourth-order valence-corrected chi connectivity index (χ4v) is 3.37. The van der Waals surface area contributed by atoms with Crippen LogP contribution < -0.4 is 4.74 Å². The Labute approximate surface area is 147 Å². The molecule has 126 valence electrons. The van der Waals surface area contributed by atoms with E-state index in [1.165, 1.54) is 6.33 Å². The summed E-state index contributed by atoms with van der Waals surface area (Å²) < 4.78 is 11.0. The Balaban J connectivity index is 1.55. The van der Waals surface area contributed by atoms with Crippen molar-refractivity contribution in [1.82, 2.24) is 24.9 Å². The highest BCUT2D eigenvalue weighted by atomic mass is 32.2. The summed E-state index contributed by atoms with van der Waals surface area (Å²) in [7, 11) is 1.64. The molecular weight excluding hydrogens is 338 g/mol. The molecule has 0 fully saturated rings. The van der Waals surface area contributed by atoms with Crippen LogP contribution in [0.5, 0.6) is 5.75 Å². The van der Waals surface area contributed by atoms with E-state index in [2.05, 4.69) is 24.9 Å². The number of nitrogens with one attached hydrogen (secondary N) is 1. The van der Waals surface area contributed by atoms with Crippen LogP contribution in [-0.2, 0) is 5.75 Å². The van der Waals surface area contributed by atoms with Crippen molar-refractivity contribution in [3.8, 4) is 17.2 Å². The number of methoxy groups -OCH3 is 1. The summed E-state index contributed by atoms with van der Waals surface area (Å²) in [6.07, 6.45) is 3.14. The summed E-state index contributed by atoms with van der Waals surface area (Å²) in [4.78, 5) is 20.3. The second-order valence-electron chi connectivity index (χ2n) is 5.32. The molecule has 0 saturated carbocycles. The van der Waals surface area contributed by atoms with Gasteiger partial charge in [-0.25, -0.2) is 19.9 Å². The lowest BCUT2D eigenvalue weighted by molar-refractivity contribution is 0.415. The molecule has 4 rings (SSSR count). The lowest BCUT2D eigenvalue weighted by atomic mass is 10.2. The molecule has 0 bridgehead atoms. The number of aromatic nitrogens is 5. The average Bonchev–Trinajstić information content (AvgIpc) is 3.27. The highest BCUT2D eigenvalue weighted by Crippen LogP contribution is 2.29. The Morgan fingerprint density at radius 3 is 2.80 bits per heavy atom. The number of hydrogen-bond donors (Lipinski definition) is 1. The van der Waals surface area contributed by atoms with Crippen molar-refractivity contribution in [3.63, 3.8) is 0 Å². The van der Waals surface area contributed by atoms with E-state index in [1.807, 2.05) is 31.2 Å². The smallest absolute Gasteiger partial charge is 0.226 e. The van der Waals surface area contributed by atoms with Crippen molar-refractivity contribution in [2.45, 2.75) is 17.7 Å². The lowest BCUT2D eigenvalue weighted by Crippen LogP contribution is -1.89. The maximum Gasteiger partial charge on any atom is 0.226 e. The topological polar surface area (TPSA) is 89.7 Å². The van der Waals surface area contributed by atoms with E-state index in [0.717, 1.165) is 33.3 Å². The molecule has 0 saturated heterocycles. The minimum atomic E-state index is 0.602. The number of rotatable bonds is 5. The third-order valence-electron chi connectivity index (χ3n) is 3.76.